The van der Waals surface area contributed by atoms with Crippen LogP contribution in [0.15, 0.2) is 18.2 Å². The van der Waals surface area contributed by atoms with Crippen LogP contribution in [0.2, 0.25) is 0 Å². The zero-order valence-electron chi connectivity index (χ0n) is 11.6. The van der Waals surface area contributed by atoms with Crippen molar-refractivity contribution in [1.29, 1.82) is 0 Å². The lowest BCUT2D eigenvalue weighted by Gasteiger charge is -2.22. The molecule has 0 spiro atoms. The number of likely N-dealkylation sites (N-methyl/N-ethyl adjacent to an activating group) is 1. The van der Waals surface area contributed by atoms with E-state index in [0.29, 0.717) is 18.2 Å². The van der Waals surface area contributed by atoms with Crippen molar-refractivity contribution in [3.8, 4) is 5.75 Å². The molecule has 1 heterocycles. The first kappa shape index (κ1) is 13.9. The Labute approximate surface area is 114 Å². The van der Waals surface area contributed by atoms with E-state index in [1.165, 1.54) is 6.42 Å². The summed E-state index contributed by atoms with van der Waals surface area (Å²) in [6, 6.07) is 5.41. The number of benzene rings is 1. The van der Waals surface area contributed by atoms with Crippen LogP contribution in [-0.4, -0.2) is 41.6 Å². The molecule has 0 radical (unpaired) electrons. The predicted octanol–water partition coefficient (Wildman–Crippen LogP) is 1.91. The summed E-state index contributed by atoms with van der Waals surface area (Å²) < 4.78 is 0. The molecule has 1 aromatic rings. The number of nitrogens with one attached hydrogen (secondary N) is 1. The molecule has 0 aliphatic carbocycles. The van der Waals surface area contributed by atoms with E-state index in [1.807, 2.05) is 0 Å². The van der Waals surface area contributed by atoms with Crippen molar-refractivity contribution in [1.82, 2.24) is 10.2 Å². The van der Waals surface area contributed by atoms with Crippen LogP contribution < -0.4 is 5.32 Å². The average Bonchev–Trinajstić information content (AvgIpc) is 2.86. The third-order valence-electron chi connectivity index (χ3n) is 3.86. The third-order valence-corrected chi connectivity index (χ3v) is 3.86. The topological polar surface area (TPSA) is 52.6 Å². The van der Waals surface area contributed by atoms with Gasteiger partial charge in [-0.3, -0.25) is 9.69 Å². The zero-order valence-corrected chi connectivity index (χ0v) is 11.6. The SMILES string of the molecule is CCN1CCCC1CNC(=O)c1ccc(O)c(C)c1. The van der Waals surface area contributed by atoms with E-state index in [-0.39, 0.29) is 11.7 Å². The van der Waals surface area contributed by atoms with Gasteiger partial charge in [0.15, 0.2) is 0 Å². The number of carbonyl (C=O) groups is 1. The van der Waals surface area contributed by atoms with E-state index >= 15 is 0 Å². The standard InChI is InChI=1S/C15H22N2O2/c1-3-17-8-4-5-13(17)10-16-15(19)12-6-7-14(18)11(2)9-12/h6-7,9,13,18H,3-5,8,10H2,1-2H3,(H,16,19). The molecular weight excluding hydrogens is 240 g/mol. The average molecular weight is 262 g/mol. The number of aryl methyl sites for hydroxylation is 1. The Bertz CT molecular complexity index is 459. The Morgan fingerprint density at radius 1 is 1.53 bits per heavy atom. The minimum Gasteiger partial charge on any atom is -0.508 e. The van der Waals surface area contributed by atoms with Gasteiger partial charge >= 0.3 is 0 Å². The van der Waals surface area contributed by atoms with Crippen molar-refractivity contribution < 1.29 is 9.90 Å². The van der Waals surface area contributed by atoms with E-state index in [1.54, 1.807) is 25.1 Å². The maximum absolute atomic E-state index is 12.0. The Morgan fingerprint density at radius 3 is 3.00 bits per heavy atom. The number of carbonyl (C=O) groups excluding carboxylic acids is 1. The number of rotatable bonds is 4. The van der Waals surface area contributed by atoms with Gasteiger partial charge in [-0.1, -0.05) is 6.92 Å². The molecule has 4 heteroatoms. The van der Waals surface area contributed by atoms with Crippen LogP contribution >= 0.6 is 0 Å². The minimum absolute atomic E-state index is 0.0638. The summed E-state index contributed by atoms with van der Waals surface area (Å²) >= 11 is 0. The van der Waals surface area contributed by atoms with E-state index in [4.69, 9.17) is 0 Å². The lowest BCUT2D eigenvalue weighted by molar-refractivity contribution is 0.0941. The summed E-state index contributed by atoms with van der Waals surface area (Å²) in [5.41, 5.74) is 1.33. The molecule has 1 amide bonds. The van der Waals surface area contributed by atoms with Crippen LogP contribution in [0.25, 0.3) is 0 Å². The van der Waals surface area contributed by atoms with Gasteiger partial charge in [-0.25, -0.2) is 0 Å². The van der Waals surface area contributed by atoms with Crippen LogP contribution in [0.3, 0.4) is 0 Å². The molecule has 1 atom stereocenters. The summed E-state index contributed by atoms with van der Waals surface area (Å²) in [6.07, 6.45) is 2.37. The highest BCUT2D eigenvalue weighted by Gasteiger charge is 2.23. The highest BCUT2D eigenvalue weighted by Crippen LogP contribution is 2.18. The summed E-state index contributed by atoms with van der Waals surface area (Å²) in [5.74, 6) is 0.163. The second-order valence-corrected chi connectivity index (χ2v) is 5.14. The number of phenols is 1. The second-order valence-electron chi connectivity index (χ2n) is 5.14. The van der Waals surface area contributed by atoms with E-state index in [2.05, 4.69) is 17.1 Å². The van der Waals surface area contributed by atoms with Gasteiger partial charge in [-0.05, 0) is 56.6 Å². The number of phenolic OH excluding ortho intramolecular Hbond substituents is 1. The van der Waals surface area contributed by atoms with Crippen LogP contribution in [0.5, 0.6) is 5.75 Å². The second kappa shape index (κ2) is 6.06. The molecule has 2 N–H and O–H groups in total. The number of hydrogen-bond donors (Lipinski definition) is 2. The molecule has 4 nitrogen and oxygen atoms in total. The normalized spacial score (nSPS) is 19.6. The van der Waals surface area contributed by atoms with Gasteiger partial charge in [-0.15, -0.1) is 0 Å². The fourth-order valence-electron chi connectivity index (χ4n) is 2.65. The quantitative estimate of drug-likeness (QED) is 0.871. The van der Waals surface area contributed by atoms with Crippen LogP contribution in [0, 0.1) is 6.92 Å². The molecule has 1 aromatic carbocycles. The molecule has 1 aliphatic rings. The Hall–Kier alpha value is -1.55. The van der Waals surface area contributed by atoms with Gasteiger partial charge in [-0.2, -0.15) is 0 Å². The van der Waals surface area contributed by atoms with E-state index in [0.717, 1.165) is 25.1 Å². The van der Waals surface area contributed by atoms with E-state index in [9.17, 15) is 9.90 Å². The largest absolute Gasteiger partial charge is 0.508 e. The van der Waals surface area contributed by atoms with E-state index < -0.39 is 0 Å². The Kier molecular flexibility index (Phi) is 4.43. The van der Waals surface area contributed by atoms with Gasteiger partial charge in [0, 0.05) is 18.2 Å². The van der Waals surface area contributed by atoms with Gasteiger partial charge < -0.3 is 10.4 Å². The maximum atomic E-state index is 12.0. The van der Waals surface area contributed by atoms with Crippen molar-refractivity contribution in [2.24, 2.45) is 0 Å². The van der Waals surface area contributed by atoms with Crippen molar-refractivity contribution in [3.63, 3.8) is 0 Å². The van der Waals surface area contributed by atoms with Crippen molar-refractivity contribution in [2.45, 2.75) is 32.7 Å². The van der Waals surface area contributed by atoms with Gasteiger partial charge in [0.25, 0.3) is 5.91 Å². The first-order valence-corrected chi connectivity index (χ1v) is 6.93. The molecule has 1 fully saturated rings. The number of nitrogens with zero attached hydrogens (tertiary/aromatic N) is 1. The van der Waals surface area contributed by atoms with Crippen molar-refractivity contribution in [2.75, 3.05) is 19.6 Å². The van der Waals surface area contributed by atoms with Crippen LogP contribution in [0.4, 0.5) is 0 Å². The highest BCUT2D eigenvalue weighted by molar-refractivity contribution is 5.94. The molecule has 19 heavy (non-hydrogen) atoms. The lowest BCUT2D eigenvalue weighted by atomic mass is 10.1. The molecule has 1 saturated heterocycles. The molecule has 0 saturated carbocycles. The molecule has 0 aromatic heterocycles. The number of likely N-dealkylation sites (tertiary alicyclic amines) is 1. The fraction of sp³-hybridized carbons (Fsp3) is 0.533. The summed E-state index contributed by atoms with van der Waals surface area (Å²) in [6.45, 7) is 6.83. The fourth-order valence-corrected chi connectivity index (χ4v) is 2.65. The molecule has 0 bridgehead atoms. The maximum Gasteiger partial charge on any atom is 0.251 e. The van der Waals surface area contributed by atoms with Crippen LogP contribution in [0.1, 0.15) is 35.7 Å². The molecular formula is C15H22N2O2. The van der Waals surface area contributed by atoms with Gasteiger partial charge in [0.1, 0.15) is 5.75 Å². The first-order chi connectivity index (χ1) is 9.11. The molecule has 104 valence electrons. The molecule has 1 unspecified atom stereocenters. The lowest BCUT2D eigenvalue weighted by Crippen LogP contribution is -2.40. The van der Waals surface area contributed by atoms with Crippen molar-refractivity contribution in [3.05, 3.63) is 29.3 Å². The first-order valence-electron chi connectivity index (χ1n) is 6.93. The summed E-state index contributed by atoms with van der Waals surface area (Å²) in [4.78, 5) is 14.5. The smallest absolute Gasteiger partial charge is 0.251 e. The zero-order chi connectivity index (χ0) is 13.8. The third kappa shape index (κ3) is 3.26. The molecule has 1 aliphatic heterocycles. The minimum atomic E-state index is -0.0638. The Balaban J connectivity index is 1.92. The monoisotopic (exact) mass is 262 g/mol. The van der Waals surface area contributed by atoms with Crippen LogP contribution in [-0.2, 0) is 0 Å². The Morgan fingerprint density at radius 2 is 2.32 bits per heavy atom. The van der Waals surface area contributed by atoms with Gasteiger partial charge in [0.05, 0.1) is 0 Å². The van der Waals surface area contributed by atoms with Crippen molar-refractivity contribution >= 4 is 5.91 Å². The molecule has 2 rings (SSSR count). The number of hydrogen-bond acceptors (Lipinski definition) is 3. The number of amides is 1. The highest BCUT2D eigenvalue weighted by atomic mass is 16.3. The summed E-state index contributed by atoms with van der Waals surface area (Å²) in [5, 5.41) is 12.4. The summed E-state index contributed by atoms with van der Waals surface area (Å²) in [7, 11) is 0. The van der Waals surface area contributed by atoms with Gasteiger partial charge in [0.2, 0.25) is 0 Å². The predicted molar refractivity (Wildman–Crippen MR) is 75.4 cm³/mol. The number of aromatic hydroxyl groups is 1.